The van der Waals surface area contributed by atoms with Crippen molar-refractivity contribution in [2.45, 2.75) is 51.9 Å². The number of benzene rings is 3. The number of hydrogen-bond acceptors (Lipinski definition) is 10. The Morgan fingerprint density at radius 2 is 0.848 bits per heavy atom. The van der Waals surface area contributed by atoms with Gasteiger partial charge in [-0.3, -0.25) is 39.3 Å². The maximum absolute atomic E-state index is 12.5. The third kappa shape index (κ3) is 10.1. The number of carbonyl (C=O) groups is 2. The molecule has 10 nitrogen and oxygen atoms in total. The van der Waals surface area contributed by atoms with Gasteiger partial charge in [0, 0.05) is 85.1 Å². The third-order valence-corrected chi connectivity index (χ3v) is 11.7. The molecule has 0 spiro atoms. The van der Waals surface area contributed by atoms with Crippen LogP contribution in [-0.4, -0.2) is 68.0 Å². The van der Waals surface area contributed by atoms with Crippen LogP contribution < -0.4 is 0 Å². The summed E-state index contributed by atoms with van der Waals surface area (Å²) >= 11 is 0. The fraction of sp³-hybridized carbons (Fsp3) is 0.214. The summed E-state index contributed by atoms with van der Waals surface area (Å²) < 4.78 is 10.5. The topological polar surface area (TPSA) is 111 Å². The second-order valence-corrected chi connectivity index (χ2v) is 16.3. The van der Waals surface area contributed by atoms with E-state index in [0.717, 1.165) is 45.0 Å². The zero-order chi connectivity index (χ0) is 45.2. The lowest BCUT2D eigenvalue weighted by Crippen LogP contribution is -2.31. The van der Waals surface area contributed by atoms with Crippen LogP contribution in [0, 0.1) is 23.7 Å². The molecule has 10 heteroatoms. The first-order valence-corrected chi connectivity index (χ1v) is 22.3. The molecule has 2 bridgehead atoms. The Kier molecular flexibility index (Phi) is 13.4. The molecular formula is C56H48N6O4. The largest absolute Gasteiger partial charge is 0.465 e. The van der Waals surface area contributed by atoms with E-state index in [4.69, 9.17) is 19.4 Å². The second kappa shape index (κ2) is 20.4. The van der Waals surface area contributed by atoms with E-state index in [1.54, 1.807) is 38.6 Å². The van der Waals surface area contributed by atoms with Crippen LogP contribution in [0.5, 0.6) is 0 Å². The van der Waals surface area contributed by atoms with Gasteiger partial charge in [0.05, 0.1) is 49.1 Å². The molecule has 0 aliphatic heterocycles. The van der Waals surface area contributed by atoms with Crippen LogP contribution in [0.4, 0.5) is 0 Å². The van der Waals surface area contributed by atoms with Crippen LogP contribution in [0.25, 0.3) is 0 Å². The molecule has 0 fully saturated rings. The van der Waals surface area contributed by atoms with Crippen molar-refractivity contribution >= 4 is 11.9 Å². The average Bonchev–Trinajstić information content (AvgIpc) is 3.34. The molecule has 7 aromatic rings. The summed E-state index contributed by atoms with van der Waals surface area (Å²) in [7, 11) is 0. The van der Waals surface area contributed by atoms with E-state index in [1.165, 1.54) is 33.4 Å². The smallest absolute Gasteiger partial charge is 0.320 e. The summed E-state index contributed by atoms with van der Waals surface area (Å²) in [6, 6.07) is 41.4. The Labute approximate surface area is 385 Å². The van der Waals surface area contributed by atoms with Gasteiger partial charge in [-0.25, -0.2) is 0 Å². The number of esters is 2. The maximum Gasteiger partial charge on any atom is 0.320 e. The van der Waals surface area contributed by atoms with Gasteiger partial charge in [0.2, 0.25) is 0 Å². The number of aromatic nitrogens is 4. The molecule has 3 aliphatic carbocycles. The highest BCUT2D eigenvalue weighted by Gasteiger charge is 2.41. The van der Waals surface area contributed by atoms with Crippen molar-refractivity contribution in [2.24, 2.45) is 0 Å². The van der Waals surface area contributed by atoms with Crippen molar-refractivity contribution in [2.75, 3.05) is 26.3 Å². The molecule has 0 amide bonds. The Bertz CT molecular complexity index is 2720. The molecule has 0 saturated heterocycles. The fourth-order valence-electron chi connectivity index (χ4n) is 8.90. The lowest BCUT2D eigenvalue weighted by Gasteiger charge is -2.42. The predicted octanol–water partition coefficient (Wildman–Crippen LogP) is 8.18. The molecular weight excluding hydrogens is 821 g/mol. The molecule has 3 aromatic carbocycles. The molecule has 0 radical (unpaired) electrons. The molecule has 0 saturated carbocycles. The van der Waals surface area contributed by atoms with Gasteiger partial charge in [-0.15, -0.1) is 0 Å². The Balaban J connectivity index is 1.01. The van der Waals surface area contributed by atoms with E-state index in [2.05, 4.69) is 94.3 Å². The maximum atomic E-state index is 12.5. The Morgan fingerprint density at radius 3 is 1.18 bits per heavy atom. The summed E-state index contributed by atoms with van der Waals surface area (Å²) in [4.78, 5) is 47.4. The van der Waals surface area contributed by atoms with Crippen molar-refractivity contribution in [3.05, 3.63) is 225 Å². The molecule has 4 heterocycles. The van der Waals surface area contributed by atoms with Crippen LogP contribution in [-0.2, 0) is 45.2 Å². The van der Waals surface area contributed by atoms with Crippen LogP contribution in [0.3, 0.4) is 0 Å². The highest BCUT2D eigenvalue weighted by Crippen LogP contribution is 2.55. The molecule has 10 rings (SSSR count). The lowest BCUT2D eigenvalue weighted by atomic mass is 9.60. The average molecular weight is 869 g/mol. The number of pyridine rings is 4. The van der Waals surface area contributed by atoms with E-state index in [9.17, 15) is 9.59 Å². The second-order valence-electron chi connectivity index (χ2n) is 16.3. The molecule has 0 unspecified atom stereocenters. The van der Waals surface area contributed by atoms with Crippen LogP contribution in [0.15, 0.2) is 146 Å². The number of ether oxygens (including phenoxy) is 2. The normalized spacial score (nSPS) is 13.9. The van der Waals surface area contributed by atoms with Crippen molar-refractivity contribution in [1.82, 2.24) is 29.7 Å². The fourth-order valence-corrected chi connectivity index (χ4v) is 8.90. The van der Waals surface area contributed by atoms with Gasteiger partial charge in [-0.05, 0) is 108 Å². The summed E-state index contributed by atoms with van der Waals surface area (Å²) in [6.07, 6.45) is 7.05. The molecule has 4 aromatic heterocycles. The molecule has 326 valence electrons. The van der Waals surface area contributed by atoms with Gasteiger partial charge >= 0.3 is 11.9 Å². The first kappa shape index (κ1) is 43.5. The Morgan fingerprint density at radius 1 is 0.470 bits per heavy atom. The zero-order valence-corrected chi connectivity index (χ0v) is 37.0. The molecule has 66 heavy (non-hydrogen) atoms. The van der Waals surface area contributed by atoms with Gasteiger partial charge in [-0.1, -0.05) is 84.3 Å². The number of hydrogen-bond donors (Lipinski definition) is 0. The molecule has 0 atom stereocenters. The summed E-state index contributed by atoms with van der Waals surface area (Å²) in [5, 5.41) is 0. The quantitative estimate of drug-likeness (QED) is 0.0784. The van der Waals surface area contributed by atoms with E-state index < -0.39 is 0 Å². The standard InChI is InChI=1S/C56H48N6O4/c1-3-65-53(63)37-61(33-43-13-9-11-27-57-43)35-45-25-21-39(31-59-45)19-23-41-29-51-52(56-49-17-7-5-15-47(49)55(51)48-16-6-8-18-50(48)56)30-42(41)24-20-40-22-26-46(60-32-40)36-62(38-54(64)66-4-2)34-44-14-10-12-28-58-44/h5-18,21-22,25-32,55-56H,3-4,33-38H2,1-2H3. The van der Waals surface area contributed by atoms with Crippen molar-refractivity contribution in [3.8, 4) is 23.7 Å². The minimum Gasteiger partial charge on any atom is -0.465 e. The Hall–Kier alpha value is -7.76. The minimum atomic E-state index is -0.292. The predicted molar refractivity (Wildman–Crippen MR) is 252 cm³/mol. The first-order valence-electron chi connectivity index (χ1n) is 22.3. The van der Waals surface area contributed by atoms with Gasteiger partial charge < -0.3 is 9.47 Å². The van der Waals surface area contributed by atoms with Gasteiger partial charge in [0.25, 0.3) is 0 Å². The SMILES string of the molecule is CCOC(=O)CN(Cc1ccccn1)Cc1ccc(C#Cc2cc3c(cc2C#Cc2ccc(CN(CC(=O)OCC)Cc4ccccn4)nc2)C2c4ccccc4C3c3ccccc32)cn1. The lowest BCUT2D eigenvalue weighted by molar-refractivity contribution is -0.145. The summed E-state index contributed by atoms with van der Waals surface area (Å²) in [5.41, 5.74) is 14.3. The van der Waals surface area contributed by atoms with E-state index in [1.807, 2.05) is 70.5 Å². The molecule has 0 N–H and O–H groups in total. The third-order valence-electron chi connectivity index (χ3n) is 11.7. The zero-order valence-electron chi connectivity index (χ0n) is 37.0. The van der Waals surface area contributed by atoms with Crippen molar-refractivity contribution in [1.29, 1.82) is 0 Å². The highest BCUT2D eigenvalue weighted by molar-refractivity contribution is 5.73. The highest BCUT2D eigenvalue weighted by atomic mass is 16.5. The van der Waals surface area contributed by atoms with Crippen LogP contribution in [0.2, 0.25) is 0 Å². The summed E-state index contributed by atoms with van der Waals surface area (Å²) in [5.74, 6) is 13.4. The minimum absolute atomic E-state index is 0.0855. The van der Waals surface area contributed by atoms with Crippen LogP contribution in [0.1, 0.15) is 104 Å². The van der Waals surface area contributed by atoms with E-state index >= 15 is 0 Å². The first-order chi connectivity index (χ1) is 32.4. The number of nitrogens with zero attached hydrogens (tertiary/aromatic N) is 6. The molecule has 3 aliphatic rings. The van der Waals surface area contributed by atoms with Gasteiger partial charge in [0.1, 0.15) is 0 Å². The van der Waals surface area contributed by atoms with Crippen molar-refractivity contribution < 1.29 is 19.1 Å². The van der Waals surface area contributed by atoms with Crippen molar-refractivity contribution in [3.63, 3.8) is 0 Å². The number of rotatable bonds is 14. The number of carbonyl (C=O) groups excluding carboxylic acids is 2. The van der Waals surface area contributed by atoms with Gasteiger partial charge in [0.15, 0.2) is 0 Å². The summed E-state index contributed by atoms with van der Waals surface area (Å²) in [6.45, 7) is 6.31. The van der Waals surface area contributed by atoms with Crippen LogP contribution >= 0.6 is 0 Å². The van der Waals surface area contributed by atoms with E-state index in [0.29, 0.717) is 39.4 Å². The van der Waals surface area contributed by atoms with Gasteiger partial charge in [-0.2, -0.15) is 0 Å². The monoisotopic (exact) mass is 868 g/mol. The van der Waals surface area contributed by atoms with E-state index in [-0.39, 0.29) is 36.9 Å².